The van der Waals surface area contributed by atoms with E-state index in [1.54, 1.807) is 0 Å². The SMILES string of the molecule is CCC[N]([Al+2])CCC. The summed E-state index contributed by atoms with van der Waals surface area (Å²) in [6, 6.07) is 0. The second-order valence-corrected chi connectivity index (χ2v) is 2.77. The zero-order chi connectivity index (χ0) is 6.41. The molecule has 0 aromatic heterocycles. The second-order valence-electron chi connectivity index (χ2n) is 2.04. The molecule has 0 heterocycles. The van der Waals surface area contributed by atoms with Gasteiger partial charge in [-0.3, -0.25) is 0 Å². The number of nitrogens with zero attached hydrogens (tertiary/aromatic N) is 1. The molecule has 0 bridgehead atoms. The van der Waals surface area contributed by atoms with Crippen molar-refractivity contribution in [2.45, 2.75) is 26.7 Å². The molecule has 0 aliphatic heterocycles. The third kappa shape index (κ3) is 4.65. The topological polar surface area (TPSA) is 3.24 Å². The van der Waals surface area contributed by atoms with Crippen molar-refractivity contribution in [1.82, 2.24) is 3.88 Å². The van der Waals surface area contributed by atoms with Crippen molar-refractivity contribution in [1.29, 1.82) is 0 Å². The molecule has 0 saturated carbocycles. The van der Waals surface area contributed by atoms with Gasteiger partial charge in [-0.25, -0.2) is 0 Å². The first-order valence-corrected chi connectivity index (χ1v) is 3.82. The van der Waals surface area contributed by atoms with Crippen LogP contribution in [0.5, 0.6) is 0 Å². The molecule has 2 heteroatoms. The summed E-state index contributed by atoms with van der Waals surface area (Å²) in [4.78, 5) is 0. The summed E-state index contributed by atoms with van der Waals surface area (Å²) < 4.78 is 2.28. The van der Waals surface area contributed by atoms with Gasteiger partial charge >= 0.3 is 60.2 Å². The van der Waals surface area contributed by atoms with Crippen LogP contribution in [0.3, 0.4) is 0 Å². The van der Waals surface area contributed by atoms with Crippen LogP contribution in [-0.2, 0) is 0 Å². The van der Waals surface area contributed by atoms with E-state index in [1.165, 1.54) is 25.9 Å². The molecule has 0 spiro atoms. The normalized spacial score (nSPS) is 10.6. The first-order chi connectivity index (χ1) is 3.81. The average Bonchev–Trinajstić information content (AvgIpc) is 1.68. The van der Waals surface area contributed by atoms with E-state index in [0.717, 1.165) is 0 Å². The molecular weight excluding hydrogens is 113 g/mol. The van der Waals surface area contributed by atoms with E-state index in [4.69, 9.17) is 0 Å². The Morgan fingerprint density at radius 3 is 1.75 bits per heavy atom. The fraction of sp³-hybridized carbons (Fsp3) is 1.00. The van der Waals surface area contributed by atoms with E-state index >= 15 is 0 Å². The van der Waals surface area contributed by atoms with Gasteiger partial charge in [0.25, 0.3) is 0 Å². The van der Waals surface area contributed by atoms with Gasteiger partial charge in [0.1, 0.15) is 0 Å². The summed E-state index contributed by atoms with van der Waals surface area (Å²) in [5, 5.41) is 0. The van der Waals surface area contributed by atoms with Gasteiger partial charge in [-0.05, 0) is 0 Å². The summed E-state index contributed by atoms with van der Waals surface area (Å²) in [5.41, 5.74) is 0. The molecular formula is C6H14AlN+2. The molecule has 0 aromatic rings. The Balaban J connectivity index is 2.92. The molecule has 0 aliphatic rings. The summed E-state index contributed by atoms with van der Waals surface area (Å²) in [7, 11) is 0. The van der Waals surface area contributed by atoms with Crippen LogP contribution >= 0.6 is 0 Å². The maximum atomic E-state index is 2.73. The zero-order valence-corrected chi connectivity index (χ0v) is 7.01. The average molecular weight is 127 g/mol. The Bertz CT molecular complexity index is 41.8. The Labute approximate surface area is 60.7 Å². The number of hydrogen-bond donors (Lipinski definition) is 0. The van der Waals surface area contributed by atoms with Crippen molar-refractivity contribution in [2.24, 2.45) is 0 Å². The first-order valence-electron chi connectivity index (χ1n) is 3.30. The van der Waals surface area contributed by atoms with Crippen LogP contribution in [0.2, 0.25) is 0 Å². The van der Waals surface area contributed by atoms with Gasteiger partial charge in [0.15, 0.2) is 0 Å². The van der Waals surface area contributed by atoms with E-state index < -0.39 is 0 Å². The molecule has 0 atom stereocenters. The van der Waals surface area contributed by atoms with Crippen molar-refractivity contribution in [3.63, 3.8) is 0 Å². The number of hydrogen-bond acceptors (Lipinski definition) is 1. The van der Waals surface area contributed by atoms with Crippen molar-refractivity contribution >= 4 is 16.5 Å². The maximum absolute atomic E-state index is 2.73. The fourth-order valence-electron chi connectivity index (χ4n) is 0.686. The van der Waals surface area contributed by atoms with Crippen LogP contribution in [0, 0.1) is 0 Å². The van der Waals surface area contributed by atoms with Gasteiger partial charge < -0.3 is 0 Å². The van der Waals surface area contributed by atoms with E-state index in [9.17, 15) is 0 Å². The first kappa shape index (κ1) is 8.49. The molecule has 0 N–H and O–H groups in total. The third-order valence-corrected chi connectivity index (χ3v) is 1.54. The van der Waals surface area contributed by atoms with Gasteiger partial charge in [0, 0.05) is 0 Å². The summed E-state index contributed by atoms with van der Waals surface area (Å²) in [6.45, 7) is 6.82. The molecule has 0 radical (unpaired) electrons. The molecule has 0 aromatic carbocycles. The zero-order valence-electron chi connectivity index (χ0n) is 5.85. The van der Waals surface area contributed by atoms with Crippen LogP contribution < -0.4 is 0 Å². The van der Waals surface area contributed by atoms with Gasteiger partial charge in [-0.15, -0.1) is 0 Å². The van der Waals surface area contributed by atoms with Crippen molar-refractivity contribution < 1.29 is 0 Å². The van der Waals surface area contributed by atoms with Crippen molar-refractivity contribution in [2.75, 3.05) is 13.1 Å². The molecule has 0 amide bonds. The molecule has 44 valence electrons. The van der Waals surface area contributed by atoms with Crippen LogP contribution in [-0.4, -0.2) is 33.5 Å². The van der Waals surface area contributed by atoms with Crippen molar-refractivity contribution in [3.8, 4) is 0 Å². The van der Waals surface area contributed by atoms with E-state index in [0.29, 0.717) is 0 Å². The summed E-state index contributed by atoms with van der Waals surface area (Å²) in [6.07, 6.45) is 2.51. The van der Waals surface area contributed by atoms with E-state index in [1.807, 2.05) is 0 Å². The molecule has 0 saturated heterocycles. The fourth-order valence-corrected chi connectivity index (χ4v) is 1.20. The van der Waals surface area contributed by atoms with Crippen LogP contribution in [0.4, 0.5) is 0 Å². The molecule has 0 rings (SSSR count). The summed E-state index contributed by atoms with van der Waals surface area (Å²) in [5.74, 6) is 0. The molecule has 1 nitrogen and oxygen atoms in total. The van der Waals surface area contributed by atoms with E-state index in [2.05, 4.69) is 34.2 Å². The van der Waals surface area contributed by atoms with Crippen LogP contribution in [0.25, 0.3) is 0 Å². The van der Waals surface area contributed by atoms with Gasteiger partial charge in [-0.1, -0.05) is 0 Å². The molecule has 0 aliphatic carbocycles. The van der Waals surface area contributed by atoms with Gasteiger partial charge in [-0.2, -0.15) is 0 Å². The minimum atomic E-state index is 1.21. The Morgan fingerprint density at radius 2 is 1.50 bits per heavy atom. The Kier molecular flexibility index (Phi) is 5.97. The monoisotopic (exact) mass is 127 g/mol. The quantitative estimate of drug-likeness (QED) is 0.513. The molecule has 0 fully saturated rings. The Hall–Kier alpha value is 0.492. The predicted octanol–water partition coefficient (Wildman–Crippen LogP) is 1.19. The molecule has 0 unspecified atom stereocenters. The standard InChI is InChI=1S/C6H14N.Al/c1-3-5-7-6-4-2;/h3-6H2,1-2H3;/q-1;+3. The summed E-state index contributed by atoms with van der Waals surface area (Å²) >= 11 is 2.73. The van der Waals surface area contributed by atoms with Crippen LogP contribution in [0.1, 0.15) is 26.7 Å². The van der Waals surface area contributed by atoms with Crippen molar-refractivity contribution in [3.05, 3.63) is 0 Å². The van der Waals surface area contributed by atoms with E-state index in [-0.39, 0.29) is 0 Å². The third-order valence-electron chi connectivity index (χ3n) is 1.02. The minimum absolute atomic E-state index is 1.21. The second kappa shape index (κ2) is 5.63. The number of rotatable bonds is 4. The van der Waals surface area contributed by atoms with Gasteiger partial charge in [0.2, 0.25) is 0 Å². The molecule has 8 heavy (non-hydrogen) atoms. The Morgan fingerprint density at radius 1 is 1.12 bits per heavy atom. The predicted molar refractivity (Wildman–Crippen MR) is 37.9 cm³/mol. The van der Waals surface area contributed by atoms with Crippen LogP contribution in [0.15, 0.2) is 0 Å². The van der Waals surface area contributed by atoms with Gasteiger partial charge in [0.05, 0.1) is 0 Å².